The van der Waals surface area contributed by atoms with Gasteiger partial charge in [0.15, 0.2) is 11.0 Å². The topological polar surface area (TPSA) is 29.0 Å². The van der Waals surface area contributed by atoms with Gasteiger partial charge in [-0.3, -0.25) is 0 Å². The maximum atomic E-state index is 13.1. The second-order valence-corrected chi connectivity index (χ2v) is 3.71. The number of piperidine rings is 1. The van der Waals surface area contributed by atoms with Gasteiger partial charge in [0.2, 0.25) is 0 Å². The molecule has 0 spiro atoms. The van der Waals surface area contributed by atoms with Crippen molar-refractivity contribution in [3.05, 3.63) is 17.5 Å². The molecule has 0 aliphatic carbocycles. The van der Waals surface area contributed by atoms with E-state index >= 15 is 0 Å². The monoisotopic (exact) mass is 215 g/mol. The van der Waals surface area contributed by atoms with E-state index in [1.54, 1.807) is 6.20 Å². The number of anilines is 1. The summed E-state index contributed by atoms with van der Waals surface area (Å²) in [4.78, 5) is 9.87. The lowest BCUT2D eigenvalue weighted by molar-refractivity contribution is 0.286. The summed E-state index contributed by atoms with van der Waals surface area (Å²) in [5.41, 5.74) is 0. The van der Waals surface area contributed by atoms with Crippen molar-refractivity contribution in [2.75, 3.05) is 18.0 Å². The van der Waals surface area contributed by atoms with Gasteiger partial charge in [-0.1, -0.05) is 11.6 Å². The molecule has 76 valence electrons. The molecular weight excluding hydrogens is 205 g/mol. The molecule has 0 N–H and O–H groups in total. The van der Waals surface area contributed by atoms with Gasteiger partial charge in [-0.2, -0.15) is 0 Å². The van der Waals surface area contributed by atoms with E-state index in [2.05, 4.69) is 9.97 Å². The first-order chi connectivity index (χ1) is 6.77. The van der Waals surface area contributed by atoms with Crippen molar-refractivity contribution in [3.63, 3.8) is 0 Å². The summed E-state index contributed by atoms with van der Waals surface area (Å²) >= 11 is 5.87. The van der Waals surface area contributed by atoms with Gasteiger partial charge in [0, 0.05) is 18.9 Å². The van der Waals surface area contributed by atoms with Crippen LogP contribution in [0.5, 0.6) is 0 Å². The van der Waals surface area contributed by atoms with E-state index < -0.39 is 6.17 Å². The van der Waals surface area contributed by atoms with Crippen molar-refractivity contribution in [2.45, 2.75) is 19.0 Å². The van der Waals surface area contributed by atoms with Crippen LogP contribution in [0.3, 0.4) is 0 Å². The molecule has 5 heteroatoms. The van der Waals surface area contributed by atoms with Crippen LogP contribution in [-0.2, 0) is 0 Å². The minimum Gasteiger partial charge on any atom is -0.351 e. The summed E-state index contributed by atoms with van der Waals surface area (Å²) in [6.07, 6.45) is 3.80. The number of hydrogen-bond acceptors (Lipinski definition) is 3. The molecule has 1 aliphatic rings. The van der Waals surface area contributed by atoms with E-state index in [0.29, 0.717) is 23.9 Å². The number of nitrogens with zero attached hydrogens (tertiary/aromatic N) is 3. The highest BCUT2D eigenvalue weighted by atomic mass is 35.5. The maximum Gasteiger partial charge on any atom is 0.171 e. The van der Waals surface area contributed by atoms with Crippen molar-refractivity contribution in [3.8, 4) is 0 Å². The molecule has 1 aliphatic heterocycles. The van der Waals surface area contributed by atoms with Crippen LogP contribution in [0, 0.1) is 0 Å². The molecule has 0 amide bonds. The quantitative estimate of drug-likeness (QED) is 0.718. The van der Waals surface area contributed by atoms with Gasteiger partial charge in [-0.15, -0.1) is 0 Å². The Kier molecular flexibility index (Phi) is 2.82. The molecule has 1 aromatic rings. The Morgan fingerprint density at radius 1 is 1.43 bits per heavy atom. The highest BCUT2D eigenvalue weighted by Gasteiger charge is 2.21. The van der Waals surface area contributed by atoms with Crippen LogP contribution in [0.25, 0.3) is 0 Å². The van der Waals surface area contributed by atoms with Gasteiger partial charge in [-0.25, -0.2) is 14.4 Å². The maximum absolute atomic E-state index is 13.1. The van der Waals surface area contributed by atoms with Crippen LogP contribution in [0.4, 0.5) is 10.2 Å². The largest absolute Gasteiger partial charge is 0.351 e. The number of aromatic nitrogens is 2. The van der Waals surface area contributed by atoms with E-state index in [9.17, 15) is 4.39 Å². The predicted molar refractivity (Wildman–Crippen MR) is 53.4 cm³/mol. The van der Waals surface area contributed by atoms with E-state index in [0.717, 1.165) is 13.0 Å². The third-order valence-electron chi connectivity index (χ3n) is 2.30. The Balaban J connectivity index is 2.18. The van der Waals surface area contributed by atoms with Crippen molar-refractivity contribution < 1.29 is 4.39 Å². The second-order valence-electron chi connectivity index (χ2n) is 3.36. The summed E-state index contributed by atoms with van der Waals surface area (Å²) in [6, 6.07) is 0. The Bertz CT molecular complexity index is 321. The highest BCUT2D eigenvalue weighted by Crippen LogP contribution is 2.24. The van der Waals surface area contributed by atoms with Crippen LogP contribution < -0.4 is 4.90 Å². The molecule has 0 radical (unpaired) electrons. The van der Waals surface area contributed by atoms with Gasteiger partial charge in [-0.05, 0) is 12.8 Å². The van der Waals surface area contributed by atoms with Crippen LogP contribution in [0.15, 0.2) is 12.4 Å². The first kappa shape index (κ1) is 9.65. The Labute approximate surface area is 86.9 Å². The number of rotatable bonds is 1. The summed E-state index contributed by atoms with van der Waals surface area (Å²) in [5.74, 6) is 0.594. The van der Waals surface area contributed by atoms with Gasteiger partial charge >= 0.3 is 0 Å². The zero-order chi connectivity index (χ0) is 9.97. The summed E-state index contributed by atoms with van der Waals surface area (Å²) in [7, 11) is 0. The minimum atomic E-state index is -0.776. The lowest BCUT2D eigenvalue weighted by atomic mass is 10.1. The molecule has 1 saturated heterocycles. The average molecular weight is 216 g/mol. The lowest BCUT2D eigenvalue weighted by Gasteiger charge is -2.29. The number of alkyl halides is 1. The van der Waals surface area contributed by atoms with Crippen molar-refractivity contribution in [2.24, 2.45) is 0 Å². The number of hydrogen-bond donors (Lipinski definition) is 0. The molecule has 1 aromatic heterocycles. The van der Waals surface area contributed by atoms with E-state index in [-0.39, 0.29) is 0 Å². The molecular formula is C9H11ClFN3. The van der Waals surface area contributed by atoms with Gasteiger partial charge < -0.3 is 4.90 Å². The standard InChI is InChI=1S/C9H11ClFN3/c10-8-9(13-4-3-12-8)14-5-1-2-7(11)6-14/h3-4,7H,1-2,5-6H2/t7-/m1/s1. The molecule has 0 saturated carbocycles. The van der Waals surface area contributed by atoms with Crippen LogP contribution >= 0.6 is 11.6 Å². The van der Waals surface area contributed by atoms with Crippen molar-refractivity contribution in [1.29, 1.82) is 0 Å². The lowest BCUT2D eigenvalue weighted by Crippen LogP contribution is -2.37. The molecule has 0 unspecified atom stereocenters. The van der Waals surface area contributed by atoms with Crippen molar-refractivity contribution >= 4 is 17.4 Å². The third kappa shape index (κ3) is 1.95. The highest BCUT2D eigenvalue weighted by molar-refractivity contribution is 6.31. The van der Waals surface area contributed by atoms with Gasteiger partial charge in [0.1, 0.15) is 6.17 Å². The Morgan fingerprint density at radius 2 is 2.21 bits per heavy atom. The smallest absolute Gasteiger partial charge is 0.171 e. The summed E-state index contributed by atoms with van der Waals surface area (Å²) in [5, 5.41) is 0.349. The van der Waals surface area contributed by atoms with Gasteiger partial charge in [0.25, 0.3) is 0 Å². The van der Waals surface area contributed by atoms with Gasteiger partial charge in [0.05, 0.1) is 6.54 Å². The SMILES string of the molecule is F[C@@H]1CCCN(c2nccnc2Cl)C1. The first-order valence-electron chi connectivity index (χ1n) is 4.63. The summed E-state index contributed by atoms with van der Waals surface area (Å²) < 4.78 is 13.1. The van der Waals surface area contributed by atoms with Crippen molar-refractivity contribution in [1.82, 2.24) is 9.97 Å². The van der Waals surface area contributed by atoms with E-state index in [1.807, 2.05) is 4.90 Å². The second kappa shape index (κ2) is 4.09. The molecule has 2 rings (SSSR count). The third-order valence-corrected chi connectivity index (χ3v) is 2.57. The molecule has 0 aromatic carbocycles. The van der Waals surface area contributed by atoms with Crippen LogP contribution in [0.2, 0.25) is 5.15 Å². The van der Waals surface area contributed by atoms with E-state index in [1.165, 1.54) is 6.20 Å². The molecule has 14 heavy (non-hydrogen) atoms. The van der Waals surface area contributed by atoms with Crippen LogP contribution in [-0.4, -0.2) is 29.2 Å². The van der Waals surface area contributed by atoms with E-state index in [4.69, 9.17) is 11.6 Å². The fraction of sp³-hybridized carbons (Fsp3) is 0.556. The predicted octanol–water partition coefficient (Wildman–Crippen LogP) is 2.07. The average Bonchev–Trinajstić information content (AvgIpc) is 2.18. The summed E-state index contributed by atoms with van der Waals surface area (Å²) in [6.45, 7) is 1.18. The minimum absolute atomic E-state index is 0.349. The van der Waals surface area contributed by atoms with Crippen LogP contribution in [0.1, 0.15) is 12.8 Å². The molecule has 0 bridgehead atoms. The normalized spacial score (nSPS) is 22.4. The fourth-order valence-electron chi connectivity index (χ4n) is 1.64. The zero-order valence-corrected chi connectivity index (χ0v) is 8.41. The molecule has 3 nitrogen and oxygen atoms in total. The zero-order valence-electron chi connectivity index (χ0n) is 7.66. The Hall–Kier alpha value is -0.900. The fourth-order valence-corrected chi connectivity index (χ4v) is 1.87. The molecule has 2 heterocycles. The number of halogens is 2. The molecule has 1 fully saturated rings. The molecule has 1 atom stereocenters. The Morgan fingerprint density at radius 3 is 2.93 bits per heavy atom. The first-order valence-corrected chi connectivity index (χ1v) is 5.00.